The van der Waals surface area contributed by atoms with E-state index in [0.717, 1.165) is 16.8 Å². The summed E-state index contributed by atoms with van der Waals surface area (Å²) >= 11 is 0. The van der Waals surface area contributed by atoms with E-state index in [1.807, 2.05) is 53.2 Å². The number of hydrogen-bond donors (Lipinski definition) is 4. The fourth-order valence-electron chi connectivity index (χ4n) is 7.89. The van der Waals surface area contributed by atoms with Gasteiger partial charge >= 0.3 is 5.97 Å². The average molecular weight is 1080 g/mol. The van der Waals surface area contributed by atoms with Crippen LogP contribution in [0.4, 0.5) is 5.69 Å². The van der Waals surface area contributed by atoms with Gasteiger partial charge in [-0.15, -0.1) is 0 Å². The van der Waals surface area contributed by atoms with Crippen molar-refractivity contribution in [3.8, 4) is 0 Å². The molecule has 4 N–H and O–H groups in total. The number of anilines is 1. The number of nitrogens with zero attached hydrogens (tertiary/aromatic N) is 2. The van der Waals surface area contributed by atoms with Gasteiger partial charge in [0.2, 0.25) is 0 Å². The summed E-state index contributed by atoms with van der Waals surface area (Å²) in [5.41, 5.74) is 3.15. The highest BCUT2D eigenvalue weighted by molar-refractivity contribution is 7.86. The van der Waals surface area contributed by atoms with Gasteiger partial charge in [0.1, 0.15) is 6.10 Å². The van der Waals surface area contributed by atoms with Gasteiger partial charge in [-0.1, -0.05) is 18.2 Å². The van der Waals surface area contributed by atoms with Crippen LogP contribution in [-0.2, 0) is 83.2 Å². The average Bonchev–Trinajstić information content (AvgIpc) is 3.54. The van der Waals surface area contributed by atoms with Crippen molar-refractivity contribution in [1.82, 2.24) is 4.90 Å². The van der Waals surface area contributed by atoms with Gasteiger partial charge in [0.25, 0.3) is 30.4 Å². The van der Waals surface area contributed by atoms with E-state index in [1.165, 1.54) is 12.1 Å². The molecule has 0 spiro atoms. The Labute approximate surface area is 423 Å². The molecule has 0 bridgehead atoms. The minimum absolute atomic E-state index is 0.0187. The van der Waals surface area contributed by atoms with Gasteiger partial charge in [-0.05, 0) is 79.8 Å². The molecule has 3 aliphatic rings. The molecule has 406 valence electrons. The van der Waals surface area contributed by atoms with Crippen molar-refractivity contribution in [2.45, 2.75) is 49.0 Å². The Kier molecular flexibility index (Phi) is 26.0. The number of benzene rings is 1. The summed E-state index contributed by atoms with van der Waals surface area (Å²) in [7, 11) is -11.5. The van der Waals surface area contributed by atoms with Gasteiger partial charge < -0.3 is 57.5 Å². The molecule has 2 atom stereocenters. The number of carboxylic acid groups (broad SMARTS) is 1. The zero-order valence-electron chi connectivity index (χ0n) is 40.8. The Morgan fingerprint density at radius 1 is 0.736 bits per heavy atom. The van der Waals surface area contributed by atoms with Gasteiger partial charge in [-0.2, -0.15) is 25.3 Å². The summed E-state index contributed by atoms with van der Waals surface area (Å²) in [6.45, 7) is 7.59. The maximum Gasteiger partial charge on any atom is 0.305 e. The van der Waals surface area contributed by atoms with Crippen molar-refractivity contribution in [2.24, 2.45) is 0 Å². The highest BCUT2D eigenvalue weighted by Gasteiger charge is 2.44. The summed E-state index contributed by atoms with van der Waals surface area (Å²) in [5, 5.41) is 8.67. The number of fused-ring (bicyclic) bond motifs is 2. The number of aliphatic carboxylic acids is 1. The van der Waals surface area contributed by atoms with Crippen LogP contribution in [-0.4, -0.2) is 198 Å². The largest absolute Gasteiger partial charge is 0.489 e. The molecule has 0 amide bonds. The third-order valence-electron chi connectivity index (χ3n) is 11.4. The summed E-state index contributed by atoms with van der Waals surface area (Å²) in [6.07, 6.45) is 14.3. The minimum atomic E-state index is -4.63. The number of methoxy groups -OCH3 is 1. The maximum atomic E-state index is 12.4. The molecule has 2 heterocycles. The lowest BCUT2D eigenvalue weighted by Gasteiger charge is -2.31. The molecule has 0 aromatic heterocycles. The zero-order valence-corrected chi connectivity index (χ0v) is 43.3. The molecule has 0 saturated heterocycles. The van der Waals surface area contributed by atoms with Crippen molar-refractivity contribution in [1.29, 1.82) is 0 Å². The molecule has 72 heavy (non-hydrogen) atoms. The van der Waals surface area contributed by atoms with Crippen LogP contribution in [0.1, 0.15) is 38.2 Å². The summed E-state index contributed by atoms with van der Waals surface area (Å²) < 4.78 is 150. The normalized spacial score (nSPS) is 18.5. The molecule has 2 aliphatic heterocycles. The second kappa shape index (κ2) is 31.0. The Morgan fingerprint density at radius 2 is 1.31 bits per heavy atom. The van der Waals surface area contributed by atoms with Crippen LogP contribution >= 0.6 is 0 Å². The van der Waals surface area contributed by atoms with E-state index < -0.39 is 59.3 Å². The fourth-order valence-corrected chi connectivity index (χ4v) is 9.40. The second-order valence-corrected chi connectivity index (χ2v) is 21.2. The number of ether oxygens (including phenoxy) is 9. The molecule has 1 aromatic rings. The number of carbonyl (C=O) groups is 1. The predicted molar refractivity (Wildman–Crippen MR) is 265 cm³/mol. The molecule has 2 unspecified atom stereocenters. The van der Waals surface area contributed by atoms with Gasteiger partial charge in [0.05, 0.1) is 128 Å². The van der Waals surface area contributed by atoms with E-state index in [0.29, 0.717) is 89.5 Å². The van der Waals surface area contributed by atoms with Crippen LogP contribution in [0.2, 0.25) is 0 Å². The zero-order chi connectivity index (χ0) is 52.5. The number of carboxylic acids is 1. The Morgan fingerprint density at radius 3 is 1.89 bits per heavy atom. The maximum absolute atomic E-state index is 12.4. The van der Waals surface area contributed by atoms with Gasteiger partial charge in [-0.25, -0.2) is 0 Å². The molecule has 1 aliphatic carbocycles. The van der Waals surface area contributed by atoms with Crippen molar-refractivity contribution < 1.29 is 91.4 Å². The Balaban J connectivity index is 1.49. The molecular formula is C47H70N2O20S3. The van der Waals surface area contributed by atoms with Crippen molar-refractivity contribution >= 4 is 42.0 Å². The lowest BCUT2D eigenvalue weighted by atomic mass is 9.77. The van der Waals surface area contributed by atoms with Crippen molar-refractivity contribution in [3.05, 3.63) is 95.1 Å². The van der Waals surface area contributed by atoms with Crippen LogP contribution in [0.3, 0.4) is 0 Å². The highest BCUT2D eigenvalue weighted by atomic mass is 32.2. The molecule has 0 radical (unpaired) electrons. The van der Waals surface area contributed by atoms with Gasteiger partial charge in [0, 0.05) is 54.8 Å². The second-order valence-electron chi connectivity index (χ2n) is 16.7. The third-order valence-corrected chi connectivity index (χ3v) is 13.9. The van der Waals surface area contributed by atoms with Crippen LogP contribution in [0.25, 0.3) is 0 Å². The SMILES string of the molecule is COCCOCCOCCOCCN(CCCS(=O)(=O)O)C1=CC2OC=CC(C=CC=C3N(CCOCCOCCOCCOCCC(=O)O)c4ccc(S(=O)(=O)O)cc4C3(C)CCCS(=O)(=O)O)=C2C=C1. The lowest BCUT2D eigenvalue weighted by molar-refractivity contribution is -0.138. The predicted octanol–water partition coefficient (Wildman–Crippen LogP) is 3.60. The quantitative estimate of drug-likeness (QED) is 0.0541. The Bertz CT molecular complexity index is 2400. The van der Waals surface area contributed by atoms with Crippen LogP contribution in [0.15, 0.2) is 94.4 Å². The first-order chi connectivity index (χ1) is 34.3. The number of allylic oxidation sites excluding steroid dienone is 7. The smallest absolute Gasteiger partial charge is 0.305 e. The van der Waals surface area contributed by atoms with Crippen LogP contribution in [0.5, 0.6) is 0 Å². The molecule has 0 saturated carbocycles. The van der Waals surface area contributed by atoms with Crippen molar-refractivity contribution in [2.75, 3.05) is 142 Å². The summed E-state index contributed by atoms with van der Waals surface area (Å²) in [5.74, 6) is -1.89. The molecule has 4 rings (SSSR count). The van der Waals surface area contributed by atoms with Gasteiger partial charge in [0.15, 0.2) is 0 Å². The van der Waals surface area contributed by atoms with E-state index in [9.17, 15) is 43.7 Å². The van der Waals surface area contributed by atoms with E-state index in [2.05, 4.69) is 0 Å². The highest BCUT2D eigenvalue weighted by Crippen LogP contribution is 2.51. The van der Waals surface area contributed by atoms with E-state index in [-0.39, 0.29) is 76.8 Å². The summed E-state index contributed by atoms with van der Waals surface area (Å²) in [6, 6.07) is 4.24. The fraction of sp³-hybridized carbons (Fsp3) is 0.596. The van der Waals surface area contributed by atoms with Crippen LogP contribution < -0.4 is 4.90 Å². The standard InChI is InChI=1S/C47H70N2O20S3/c1-47(14-4-34-70(52,53)54)42-37-40(72(58,59)60)9-11-43(42)49(17-21-64-26-29-68-33-32-66-27-24-62-18-13-46(50)51)45(47)7-3-6-38-12-19-69-44-36-39(8-10-41(38)44)48(15-5-35-71(55,56)57)16-20-63-25-28-67-31-30-65-23-22-61-2/h3,6-12,19,36-37,44H,4-5,13-18,20-35H2,1-2H3,(H,50,51)(H,52,53,54)(H,55,56,57)(H,58,59,60). The Hall–Kier alpha value is -4.06. The van der Waals surface area contributed by atoms with Gasteiger partial charge in [-0.3, -0.25) is 18.5 Å². The topological polar surface area (TPSA) is 290 Å². The molecular weight excluding hydrogens is 1010 g/mol. The number of rotatable bonds is 39. The monoisotopic (exact) mass is 1080 g/mol. The van der Waals surface area contributed by atoms with E-state index >= 15 is 0 Å². The molecule has 0 fully saturated rings. The van der Waals surface area contributed by atoms with E-state index in [1.54, 1.807) is 25.5 Å². The summed E-state index contributed by atoms with van der Waals surface area (Å²) in [4.78, 5) is 14.1. The molecule has 1 aromatic carbocycles. The number of hydrogen-bond acceptors (Lipinski definition) is 18. The first-order valence-corrected chi connectivity index (χ1v) is 28.1. The third kappa shape index (κ3) is 21.8. The first-order valence-electron chi connectivity index (χ1n) is 23.5. The molecule has 25 heteroatoms. The first kappa shape index (κ1) is 60.5. The minimum Gasteiger partial charge on any atom is -0.489 e. The van der Waals surface area contributed by atoms with Crippen molar-refractivity contribution in [3.63, 3.8) is 0 Å². The van der Waals surface area contributed by atoms with E-state index in [4.69, 9.17) is 47.7 Å². The lowest BCUT2D eigenvalue weighted by Crippen LogP contribution is -2.31. The molecule has 22 nitrogen and oxygen atoms in total. The van der Waals surface area contributed by atoms with Crippen LogP contribution in [0, 0.1) is 0 Å².